The van der Waals surface area contributed by atoms with Gasteiger partial charge < -0.3 is 25.3 Å². The fourth-order valence-corrected chi connectivity index (χ4v) is 4.48. The summed E-state index contributed by atoms with van der Waals surface area (Å²) in [6.45, 7) is 4.59. The largest absolute Gasteiger partial charge is 0.463 e. The van der Waals surface area contributed by atoms with Crippen molar-refractivity contribution in [3.63, 3.8) is 0 Å². The van der Waals surface area contributed by atoms with E-state index < -0.39 is 23.8 Å². The molecule has 2 aromatic rings. The number of nitrogens with one attached hydrogen (secondary N) is 1. The predicted octanol–water partition coefficient (Wildman–Crippen LogP) is 3.68. The molecule has 0 aliphatic carbocycles. The summed E-state index contributed by atoms with van der Waals surface area (Å²) in [5.74, 6) is -3.32. The zero-order valence-electron chi connectivity index (χ0n) is 21.3. The van der Waals surface area contributed by atoms with Crippen molar-refractivity contribution in [2.24, 2.45) is 5.73 Å². The number of dihydropyridines is 1. The average molecular weight is 541 g/mol. The highest BCUT2D eigenvalue weighted by Gasteiger charge is 2.38. The smallest absolute Gasteiger partial charge is 0.339 e. The number of carbonyl (C=O) groups is 4. The standard InChI is InChI=1S/C28H29ClN2O7/c1-4-36-28(35)25-22(15-38-27(34)19-10-6-5-9-18(19)26(33)37-14-13-30)31-16(2)23(17(3)32)24(25)20-11-7-8-12-21(20)29/h5-12,24,31H,4,13-15,30H2,1-3H3. The van der Waals surface area contributed by atoms with Crippen molar-refractivity contribution in [1.82, 2.24) is 5.32 Å². The summed E-state index contributed by atoms with van der Waals surface area (Å²) in [6.07, 6.45) is 0. The predicted molar refractivity (Wildman–Crippen MR) is 140 cm³/mol. The van der Waals surface area contributed by atoms with Gasteiger partial charge in [0.25, 0.3) is 0 Å². The lowest BCUT2D eigenvalue weighted by Crippen LogP contribution is -2.34. The van der Waals surface area contributed by atoms with Crippen LogP contribution in [0.4, 0.5) is 0 Å². The number of carbonyl (C=O) groups excluding carboxylic acids is 4. The molecule has 10 heteroatoms. The molecule has 3 rings (SSSR count). The lowest BCUT2D eigenvalue weighted by Gasteiger charge is -2.31. The molecule has 2 aromatic carbocycles. The first-order valence-corrected chi connectivity index (χ1v) is 12.4. The van der Waals surface area contributed by atoms with Gasteiger partial charge in [0.15, 0.2) is 5.78 Å². The normalized spacial score (nSPS) is 15.0. The Morgan fingerprint density at radius 2 is 1.50 bits per heavy atom. The van der Waals surface area contributed by atoms with Crippen LogP contribution >= 0.6 is 11.6 Å². The molecule has 1 unspecified atom stereocenters. The summed E-state index contributed by atoms with van der Waals surface area (Å²) in [7, 11) is 0. The minimum atomic E-state index is -0.853. The highest BCUT2D eigenvalue weighted by Crippen LogP contribution is 2.41. The second-order valence-corrected chi connectivity index (χ2v) is 8.74. The Bertz CT molecular complexity index is 1320. The molecule has 1 heterocycles. The Morgan fingerprint density at radius 1 is 0.895 bits per heavy atom. The minimum Gasteiger partial charge on any atom is -0.463 e. The maximum atomic E-state index is 13.2. The summed E-state index contributed by atoms with van der Waals surface area (Å²) in [4.78, 5) is 51.4. The third kappa shape index (κ3) is 6.30. The van der Waals surface area contributed by atoms with Gasteiger partial charge >= 0.3 is 17.9 Å². The molecule has 0 bridgehead atoms. The Morgan fingerprint density at radius 3 is 2.08 bits per heavy atom. The number of hydrogen-bond acceptors (Lipinski definition) is 9. The molecule has 0 saturated carbocycles. The summed E-state index contributed by atoms with van der Waals surface area (Å²) in [5, 5.41) is 3.40. The van der Waals surface area contributed by atoms with Crippen LogP contribution in [0, 0.1) is 0 Å². The van der Waals surface area contributed by atoms with E-state index in [0.717, 1.165) is 0 Å². The van der Waals surface area contributed by atoms with Crippen molar-refractivity contribution in [1.29, 1.82) is 0 Å². The number of allylic oxidation sites excluding steroid dienone is 2. The molecule has 0 saturated heterocycles. The summed E-state index contributed by atoms with van der Waals surface area (Å²) < 4.78 is 15.9. The molecule has 0 aromatic heterocycles. The molecular weight excluding hydrogens is 512 g/mol. The number of ketones is 1. The number of Topliss-reactive ketones (excluding diaryl/α,β-unsaturated/α-hetero) is 1. The molecule has 0 spiro atoms. The third-order valence-electron chi connectivity index (χ3n) is 5.80. The Balaban J connectivity index is 2.03. The molecule has 0 fully saturated rings. The molecule has 0 amide bonds. The van der Waals surface area contributed by atoms with Crippen LogP contribution in [-0.2, 0) is 23.8 Å². The summed E-state index contributed by atoms with van der Waals surface area (Å²) in [6, 6.07) is 12.9. The van der Waals surface area contributed by atoms with E-state index in [2.05, 4.69) is 5.32 Å². The molecular formula is C28H29ClN2O7. The van der Waals surface area contributed by atoms with E-state index in [1.54, 1.807) is 50.2 Å². The number of ether oxygens (including phenoxy) is 3. The van der Waals surface area contributed by atoms with Crippen molar-refractivity contribution < 1.29 is 33.4 Å². The van der Waals surface area contributed by atoms with E-state index >= 15 is 0 Å². The number of benzene rings is 2. The summed E-state index contributed by atoms with van der Waals surface area (Å²) in [5.41, 5.74) is 7.07. The van der Waals surface area contributed by atoms with Crippen LogP contribution in [0.2, 0.25) is 5.02 Å². The fraction of sp³-hybridized carbons (Fsp3) is 0.286. The van der Waals surface area contributed by atoms with Gasteiger partial charge in [-0.3, -0.25) is 4.79 Å². The Kier molecular flexibility index (Phi) is 9.81. The summed E-state index contributed by atoms with van der Waals surface area (Å²) >= 11 is 6.49. The highest BCUT2D eigenvalue weighted by molar-refractivity contribution is 6.31. The van der Waals surface area contributed by atoms with Crippen LogP contribution in [0.3, 0.4) is 0 Å². The van der Waals surface area contributed by atoms with Crippen LogP contribution in [0.1, 0.15) is 53.0 Å². The Labute approximate surface area is 225 Å². The molecule has 0 radical (unpaired) electrons. The first kappa shape index (κ1) is 28.6. The van der Waals surface area contributed by atoms with Gasteiger partial charge in [-0.05, 0) is 44.5 Å². The molecule has 9 nitrogen and oxygen atoms in total. The second-order valence-electron chi connectivity index (χ2n) is 8.33. The van der Waals surface area contributed by atoms with Crippen molar-refractivity contribution in [3.8, 4) is 0 Å². The monoisotopic (exact) mass is 540 g/mol. The van der Waals surface area contributed by atoms with Gasteiger partial charge in [0.05, 0.1) is 29.0 Å². The number of hydrogen-bond donors (Lipinski definition) is 2. The molecule has 1 aliphatic heterocycles. The molecule has 38 heavy (non-hydrogen) atoms. The molecule has 3 N–H and O–H groups in total. The molecule has 1 aliphatic rings. The molecule has 1 atom stereocenters. The number of nitrogens with two attached hydrogens (primary N) is 1. The van der Waals surface area contributed by atoms with E-state index in [4.69, 9.17) is 31.5 Å². The first-order valence-electron chi connectivity index (χ1n) is 12.0. The highest BCUT2D eigenvalue weighted by atomic mass is 35.5. The topological polar surface area (TPSA) is 134 Å². The van der Waals surface area contributed by atoms with E-state index in [-0.39, 0.29) is 54.5 Å². The quantitative estimate of drug-likeness (QED) is 0.342. The lowest BCUT2D eigenvalue weighted by atomic mass is 9.79. The first-order chi connectivity index (χ1) is 18.2. The van der Waals surface area contributed by atoms with Gasteiger partial charge in [-0.15, -0.1) is 0 Å². The Hall–Kier alpha value is -3.95. The SMILES string of the molecule is CCOC(=O)C1=C(COC(=O)c2ccccc2C(=O)OCCN)NC(C)=C(C(C)=O)C1c1ccccc1Cl. The zero-order chi connectivity index (χ0) is 27.8. The van der Waals surface area contributed by atoms with E-state index in [1.165, 1.54) is 19.1 Å². The maximum absolute atomic E-state index is 13.2. The van der Waals surface area contributed by atoms with Crippen LogP contribution in [0.15, 0.2) is 71.1 Å². The van der Waals surface area contributed by atoms with Crippen molar-refractivity contribution in [2.45, 2.75) is 26.7 Å². The van der Waals surface area contributed by atoms with Gasteiger partial charge in [-0.2, -0.15) is 0 Å². The average Bonchev–Trinajstić information content (AvgIpc) is 2.90. The van der Waals surface area contributed by atoms with Crippen LogP contribution < -0.4 is 11.1 Å². The van der Waals surface area contributed by atoms with Gasteiger partial charge in [-0.1, -0.05) is 41.9 Å². The number of halogens is 1. The van der Waals surface area contributed by atoms with Gasteiger partial charge in [0.1, 0.15) is 13.2 Å². The third-order valence-corrected chi connectivity index (χ3v) is 6.15. The second kappa shape index (κ2) is 13.0. The van der Waals surface area contributed by atoms with E-state index in [9.17, 15) is 19.2 Å². The maximum Gasteiger partial charge on any atom is 0.339 e. The minimum absolute atomic E-state index is 0.00451. The van der Waals surface area contributed by atoms with Crippen LogP contribution in [-0.4, -0.2) is 50.1 Å². The van der Waals surface area contributed by atoms with Gasteiger partial charge in [0.2, 0.25) is 0 Å². The number of esters is 3. The van der Waals surface area contributed by atoms with Crippen LogP contribution in [0.25, 0.3) is 0 Å². The van der Waals surface area contributed by atoms with Gasteiger partial charge in [-0.25, -0.2) is 14.4 Å². The van der Waals surface area contributed by atoms with E-state index in [1.807, 2.05) is 0 Å². The van der Waals surface area contributed by atoms with Crippen molar-refractivity contribution in [3.05, 3.63) is 92.8 Å². The van der Waals surface area contributed by atoms with Gasteiger partial charge in [0, 0.05) is 28.8 Å². The van der Waals surface area contributed by atoms with E-state index in [0.29, 0.717) is 21.9 Å². The van der Waals surface area contributed by atoms with Crippen molar-refractivity contribution >= 4 is 35.3 Å². The van der Waals surface area contributed by atoms with Crippen LogP contribution in [0.5, 0.6) is 0 Å². The fourth-order valence-electron chi connectivity index (χ4n) is 4.23. The lowest BCUT2D eigenvalue weighted by molar-refractivity contribution is -0.138. The molecule has 200 valence electrons. The zero-order valence-corrected chi connectivity index (χ0v) is 22.1. The van der Waals surface area contributed by atoms with Crippen molar-refractivity contribution in [2.75, 3.05) is 26.4 Å². The number of rotatable bonds is 10.